The smallest absolute Gasteiger partial charge is 0.141 e. The summed E-state index contributed by atoms with van der Waals surface area (Å²) in [5.41, 5.74) is 0.907. The number of nitrogens with zero attached hydrogens (tertiary/aromatic N) is 1. The van der Waals surface area contributed by atoms with E-state index >= 15 is 0 Å². The van der Waals surface area contributed by atoms with Crippen LogP contribution in [-0.2, 0) is 6.42 Å². The van der Waals surface area contributed by atoms with Crippen molar-refractivity contribution in [1.29, 1.82) is 0 Å². The molecule has 2 aromatic heterocycles. The third-order valence-electron chi connectivity index (χ3n) is 2.86. The van der Waals surface area contributed by atoms with Crippen molar-refractivity contribution in [2.75, 3.05) is 6.54 Å². The Hall–Kier alpha value is -1.26. The Balaban J connectivity index is 1.87. The molecule has 0 saturated heterocycles. The van der Waals surface area contributed by atoms with Gasteiger partial charge in [-0.3, -0.25) is 4.98 Å². The lowest BCUT2D eigenvalue weighted by Gasteiger charge is -2.16. The van der Waals surface area contributed by atoms with E-state index < -0.39 is 0 Å². The standard InChI is InChI=1S/C14H17FN2S/c1-2-13(14-6-5-11(15)10-17-14)16-8-7-12-4-3-9-18-12/h3-6,9-10,13,16H,2,7-8H2,1H3. The van der Waals surface area contributed by atoms with Gasteiger partial charge in [-0.1, -0.05) is 13.0 Å². The van der Waals surface area contributed by atoms with Crippen molar-refractivity contribution in [3.8, 4) is 0 Å². The molecule has 0 aliphatic heterocycles. The fourth-order valence-electron chi connectivity index (χ4n) is 1.88. The first kappa shape index (κ1) is 13.2. The Morgan fingerprint density at radius 1 is 1.39 bits per heavy atom. The third-order valence-corrected chi connectivity index (χ3v) is 3.79. The zero-order chi connectivity index (χ0) is 12.8. The lowest BCUT2D eigenvalue weighted by atomic mass is 10.1. The van der Waals surface area contributed by atoms with Crippen LogP contribution in [0.5, 0.6) is 0 Å². The number of thiophene rings is 1. The molecule has 96 valence electrons. The molecular weight excluding hydrogens is 247 g/mol. The zero-order valence-electron chi connectivity index (χ0n) is 10.4. The molecular formula is C14H17FN2S. The number of aromatic nitrogens is 1. The fourth-order valence-corrected chi connectivity index (χ4v) is 2.58. The first-order valence-corrected chi connectivity index (χ1v) is 7.04. The van der Waals surface area contributed by atoms with Crippen LogP contribution in [0.15, 0.2) is 35.8 Å². The molecule has 0 spiro atoms. The second-order valence-corrected chi connectivity index (χ2v) is 5.18. The number of rotatable bonds is 6. The van der Waals surface area contributed by atoms with E-state index in [-0.39, 0.29) is 11.9 Å². The molecule has 0 aliphatic carbocycles. The first-order valence-electron chi connectivity index (χ1n) is 6.17. The summed E-state index contributed by atoms with van der Waals surface area (Å²) in [4.78, 5) is 5.51. The van der Waals surface area contributed by atoms with Crippen LogP contribution in [0, 0.1) is 5.82 Å². The Kier molecular flexibility index (Phi) is 4.84. The van der Waals surface area contributed by atoms with Gasteiger partial charge in [0.05, 0.1) is 11.9 Å². The summed E-state index contributed by atoms with van der Waals surface area (Å²) in [5, 5.41) is 5.56. The van der Waals surface area contributed by atoms with E-state index in [0.29, 0.717) is 0 Å². The minimum Gasteiger partial charge on any atom is -0.308 e. The van der Waals surface area contributed by atoms with Gasteiger partial charge in [0, 0.05) is 17.5 Å². The maximum atomic E-state index is 12.8. The average molecular weight is 264 g/mol. The van der Waals surface area contributed by atoms with Gasteiger partial charge in [0.1, 0.15) is 5.82 Å². The Morgan fingerprint density at radius 2 is 2.28 bits per heavy atom. The van der Waals surface area contributed by atoms with E-state index in [1.807, 2.05) is 0 Å². The zero-order valence-corrected chi connectivity index (χ0v) is 11.2. The van der Waals surface area contributed by atoms with Crippen LogP contribution in [-0.4, -0.2) is 11.5 Å². The van der Waals surface area contributed by atoms with Gasteiger partial charge in [-0.05, 0) is 36.4 Å². The van der Waals surface area contributed by atoms with Crippen molar-refractivity contribution in [2.24, 2.45) is 0 Å². The predicted octanol–water partition coefficient (Wildman–Crippen LogP) is 3.57. The molecule has 18 heavy (non-hydrogen) atoms. The van der Waals surface area contributed by atoms with Gasteiger partial charge in [0.25, 0.3) is 0 Å². The summed E-state index contributed by atoms with van der Waals surface area (Å²) in [6.07, 6.45) is 3.25. The lowest BCUT2D eigenvalue weighted by molar-refractivity contribution is 0.509. The van der Waals surface area contributed by atoms with Gasteiger partial charge in [-0.25, -0.2) is 4.39 Å². The van der Waals surface area contributed by atoms with E-state index in [0.717, 1.165) is 25.1 Å². The normalized spacial score (nSPS) is 12.6. The van der Waals surface area contributed by atoms with Gasteiger partial charge in [0.2, 0.25) is 0 Å². The summed E-state index contributed by atoms with van der Waals surface area (Å²) in [6.45, 7) is 3.02. The summed E-state index contributed by atoms with van der Waals surface area (Å²) in [5.74, 6) is -0.285. The van der Waals surface area contributed by atoms with Crippen molar-refractivity contribution in [2.45, 2.75) is 25.8 Å². The number of nitrogens with one attached hydrogen (secondary N) is 1. The fraction of sp³-hybridized carbons (Fsp3) is 0.357. The van der Waals surface area contributed by atoms with E-state index in [2.05, 4.69) is 34.7 Å². The lowest BCUT2D eigenvalue weighted by Crippen LogP contribution is -2.23. The molecule has 2 heterocycles. The van der Waals surface area contributed by atoms with Gasteiger partial charge < -0.3 is 5.32 Å². The number of hydrogen-bond acceptors (Lipinski definition) is 3. The molecule has 1 unspecified atom stereocenters. The van der Waals surface area contributed by atoms with Crippen LogP contribution in [0.2, 0.25) is 0 Å². The van der Waals surface area contributed by atoms with Gasteiger partial charge in [-0.15, -0.1) is 11.3 Å². The molecule has 0 fully saturated rings. The molecule has 2 aromatic rings. The Morgan fingerprint density at radius 3 is 2.89 bits per heavy atom. The highest BCUT2D eigenvalue weighted by atomic mass is 32.1. The summed E-state index contributed by atoms with van der Waals surface area (Å²) in [7, 11) is 0. The van der Waals surface area contributed by atoms with Gasteiger partial charge in [0.15, 0.2) is 0 Å². The highest BCUT2D eigenvalue weighted by Crippen LogP contribution is 2.15. The van der Waals surface area contributed by atoms with Gasteiger partial charge >= 0.3 is 0 Å². The maximum Gasteiger partial charge on any atom is 0.141 e. The molecule has 1 N–H and O–H groups in total. The van der Waals surface area contributed by atoms with Crippen molar-refractivity contribution in [1.82, 2.24) is 10.3 Å². The van der Waals surface area contributed by atoms with Crippen LogP contribution in [0.4, 0.5) is 4.39 Å². The highest BCUT2D eigenvalue weighted by Gasteiger charge is 2.09. The second-order valence-electron chi connectivity index (χ2n) is 4.15. The Labute approximate surface area is 111 Å². The molecule has 0 bridgehead atoms. The molecule has 0 aliphatic rings. The summed E-state index contributed by atoms with van der Waals surface area (Å²) < 4.78 is 12.8. The van der Waals surface area contributed by atoms with Crippen LogP contribution in [0.1, 0.15) is 30.0 Å². The molecule has 2 nitrogen and oxygen atoms in total. The molecule has 1 atom stereocenters. The molecule has 0 amide bonds. The minimum atomic E-state index is -0.285. The average Bonchev–Trinajstić information content (AvgIpc) is 2.89. The monoisotopic (exact) mass is 264 g/mol. The van der Waals surface area contributed by atoms with Crippen molar-refractivity contribution in [3.63, 3.8) is 0 Å². The van der Waals surface area contributed by atoms with Crippen LogP contribution < -0.4 is 5.32 Å². The number of halogens is 1. The van der Waals surface area contributed by atoms with Gasteiger partial charge in [-0.2, -0.15) is 0 Å². The number of pyridine rings is 1. The number of hydrogen-bond donors (Lipinski definition) is 1. The SMILES string of the molecule is CCC(NCCc1cccs1)c1ccc(F)cn1. The third kappa shape index (κ3) is 3.62. The van der Waals surface area contributed by atoms with E-state index in [4.69, 9.17) is 0 Å². The quantitative estimate of drug-likeness (QED) is 0.863. The minimum absolute atomic E-state index is 0.200. The van der Waals surface area contributed by atoms with Crippen molar-refractivity contribution >= 4 is 11.3 Å². The van der Waals surface area contributed by atoms with Crippen molar-refractivity contribution in [3.05, 3.63) is 52.2 Å². The largest absolute Gasteiger partial charge is 0.308 e. The summed E-state index contributed by atoms with van der Waals surface area (Å²) in [6, 6.07) is 7.63. The molecule has 4 heteroatoms. The predicted molar refractivity (Wildman–Crippen MR) is 73.3 cm³/mol. The van der Waals surface area contributed by atoms with Crippen LogP contribution >= 0.6 is 11.3 Å². The summed E-state index contributed by atoms with van der Waals surface area (Å²) >= 11 is 1.77. The van der Waals surface area contributed by atoms with Crippen LogP contribution in [0.25, 0.3) is 0 Å². The topological polar surface area (TPSA) is 24.9 Å². The maximum absolute atomic E-state index is 12.8. The van der Waals surface area contributed by atoms with E-state index in [9.17, 15) is 4.39 Å². The highest BCUT2D eigenvalue weighted by molar-refractivity contribution is 7.09. The van der Waals surface area contributed by atoms with E-state index in [1.165, 1.54) is 17.1 Å². The molecule has 2 rings (SSSR count). The first-order chi connectivity index (χ1) is 8.79. The molecule has 0 aromatic carbocycles. The van der Waals surface area contributed by atoms with Crippen LogP contribution in [0.3, 0.4) is 0 Å². The van der Waals surface area contributed by atoms with E-state index in [1.54, 1.807) is 17.4 Å². The molecule has 0 radical (unpaired) electrons. The second kappa shape index (κ2) is 6.61. The Bertz CT molecular complexity index is 453. The molecule has 0 saturated carbocycles. The van der Waals surface area contributed by atoms with Crippen molar-refractivity contribution < 1.29 is 4.39 Å².